The minimum atomic E-state index is -0.0493. The molecule has 4 aliphatic carbocycles. The Morgan fingerprint density at radius 3 is 2.42 bits per heavy atom. The number of hydrogen-bond donors (Lipinski definition) is 2. The first kappa shape index (κ1) is 18.9. The molecule has 4 fully saturated rings. The van der Waals surface area contributed by atoms with Gasteiger partial charge in [0, 0.05) is 18.2 Å². The predicted octanol–water partition coefficient (Wildman–Crippen LogP) is 4.46. The summed E-state index contributed by atoms with van der Waals surface area (Å²) in [5.74, 6) is 3.76. The lowest BCUT2D eigenvalue weighted by Gasteiger charge is -2.61. The van der Waals surface area contributed by atoms with E-state index in [9.17, 15) is 10.2 Å². The first-order chi connectivity index (χ1) is 12.4. The van der Waals surface area contributed by atoms with E-state index in [2.05, 4.69) is 20.8 Å². The van der Waals surface area contributed by atoms with Crippen molar-refractivity contribution < 1.29 is 10.2 Å². The van der Waals surface area contributed by atoms with Crippen LogP contribution >= 0.6 is 0 Å². The van der Waals surface area contributed by atoms with Crippen LogP contribution in [0.5, 0.6) is 0 Å². The molecule has 4 rings (SSSR count). The number of aliphatic hydroxyl groups is 2. The van der Waals surface area contributed by atoms with Gasteiger partial charge in [0.1, 0.15) is 0 Å². The maximum atomic E-state index is 10.2. The predicted molar refractivity (Wildman–Crippen MR) is 106 cm³/mol. The number of aliphatic imine (C=N–C) groups is 1. The van der Waals surface area contributed by atoms with Gasteiger partial charge >= 0.3 is 0 Å². The molecule has 8 atom stereocenters. The summed E-state index contributed by atoms with van der Waals surface area (Å²) in [5.41, 5.74) is 1.88. The van der Waals surface area contributed by atoms with Crippen molar-refractivity contribution >= 4 is 5.71 Å². The molecule has 4 aliphatic rings. The third-order valence-corrected chi connectivity index (χ3v) is 9.56. The minimum absolute atomic E-state index is 0.0493. The summed E-state index contributed by atoms with van der Waals surface area (Å²) in [6.07, 6.45) is 11.1. The van der Waals surface area contributed by atoms with Gasteiger partial charge in [0.2, 0.25) is 0 Å². The number of aliphatic hydroxyl groups excluding tert-OH is 2. The molecule has 0 aromatic carbocycles. The average Bonchev–Trinajstić information content (AvgIpc) is 2.97. The van der Waals surface area contributed by atoms with E-state index >= 15 is 0 Å². The van der Waals surface area contributed by atoms with Crippen molar-refractivity contribution in [1.29, 1.82) is 0 Å². The fourth-order valence-corrected chi connectivity index (χ4v) is 8.26. The lowest BCUT2D eigenvalue weighted by Crippen LogP contribution is -2.54. The highest BCUT2D eigenvalue weighted by Crippen LogP contribution is 2.67. The van der Waals surface area contributed by atoms with Crippen LogP contribution in [0.1, 0.15) is 78.6 Å². The third kappa shape index (κ3) is 2.71. The fraction of sp³-hybridized carbons (Fsp3) is 0.957. The normalized spacial score (nSPS) is 51.5. The third-order valence-electron chi connectivity index (χ3n) is 9.56. The minimum Gasteiger partial charge on any atom is -0.393 e. The standard InChI is InChI=1S/C23H39NO2/c1-4-24-21(14-25)20-8-7-18-17-6-5-15-13-16(26)9-11-22(15,2)19(17)10-12-23(18,20)3/h15-20,25-26H,4-14H2,1-3H3/b24-21+/t15-,16+,17-,18-,19-,20+,22-,23-/m0/s1. The van der Waals surface area contributed by atoms with E-state index < -0.39 is 0 Å². The fourth-order valence-electron chi connectivity index (χ4n) is 8.26. The highest BCUT2D eigenvalue weighted by atomic mass is 16.3. The van der Waals surface area contributed by atoms with E-state index in [1.165, 1.54) is 44.9 Å². The molecule has 3 heteroatoms. The average molecular weight is 362 g/mol. The molecule has 0 radical (unpaired) electrons. The van der Waals surface area contributed by atoms with Crippen molar-refractivity contribution in [3.05, 3.63) is 0 Å². The summed E-state index contributed by atoms with van der Waals surface area (Å²) in [6, 6.07) is 0. The molecule has 0 unspecified atom stereocenters. The summed E-state index contributed by atoms with van der Waals surface area (Å²) < 4.78 is 0. The summed E-state index contributed by atoms with van der Waals surface area (Å²) in [7, 11) is 0. The van der Waals surface area contributed by atoms with Gasteiger partial charge in [0.05, 0.1) is 12.7 Å². The van der Waals surface area contributed by atoms with Gasteiger partial charge in [-0.2, -0.15) is 0 Å². The van der Waals surface area contributed by atoms with Crippen LogP contribution in [0.3, 0.4) is 0 Å². The molecule has 0 saturated heterocycles. The molecular weight excluding hydrogens is 322 g/mol. The highest BCUT2D eigenvalue weighted by Gasteiger charge is 2.60. The quantitative estimate of drug-likeness (QED) is 0.729. The second kappa shape index (κ2) is 6.88. The maximum Gasteiger partial charge on any atom is 0.0812 e. The van der Waals surface area contributed by atoms with Gasteiger partial charge in [0.15, 0.2) is 0 Å². The van der Waals surface area contributed by atoms with Crippen LogP contribution in [0, 0.1) is 40.4 Å². The molecule has 0 aliphatic heterocycles. The number of nitrogens with zero attached hydrogens (tertiary/aromatic N) is 1. The Hall–Kier alpha value is -0.410. The van der Waals surface area contributed by atoms with E-state index in [0.29, 0.717) is 16.7 Å². The molecule has 26 heavy (non-hydrogen) atoms. The Bertz CT molecular complexity index is 560. The van der Waals surface area contributed by atoms with Gasteiger partial charge in [0.25, 0.3) is 0 Å². The van der Waals surface area contributed by atoms with Crippen molar-refractivity contribution in [3.8, 4) is 0 Å². The molecule has 0 bridgehead atoms. The largest absolute Gasteiger partial charge is 0.393 e. The van der Waals surface area contributed by atoms with E-state index in [1.54, 1.807) is 0 Å². The molecule has 2 N–H and O–H groups in total. The first-order valence-electron chi connectivity index (χ1n) is 11.3. The Balaban J connectivity index is 1.59. The molecule has 0 spiro atoms. The van der Waals surface area contributed by atoms with Crippen molar-refractivity contribution in [2.45, 2.75) is 84.7 Å². The summed E-state index contributed by atoms with van der Waals surface area (Å²) in [5, 5.41) is 20.1. The zero-order valence-corrected chi connectivity index (χ0v) is 17.1. The van der Waals surface area contributed by atoms with Crippen molar-refractivity contribution in [2.75, 3.05) is 13.2 Å². The topological polar surface area (TPSA) is 52.8 Å². The molecule has 0 aromatic rings. The monoisotopic (exact) mass is 361 g/mol. The highest BCUT2D eigenvalue weighted by molar-refractivity contribution is 5.88. The smallest absolute Gasteiger partial charge is 0.0812 e. The van der Waals surface area contributed by atoms with Gasteiger partial charge in [-0.3, -0.25) is 4.99 Å². The lowest BCUT2D eigenvalue weighted by atomic mass is 9.44. The molecule has 4 saturated carbocycles. The van der Waals surface area contributed by atoms with Crippen molar-refractivity contribution in [2.24, 2.45) is 45.4 Å². The second-order valence-electron chi connectivity index (χ2n) is 10.4. The van der Waals surface area contributed by atoms with Gasteiger partial charge in [-0.15, -0.1) is 0 Å². The molecule has 0 aromatic heterocycles. The van der Waals surface area contributed by atoms with Crippen molar-refractivity contribution in [3.63, 3.8) is 0 Å². The number of fused-ring (bicyclic) bond motifs is 5. The second-order valence-corrected chi connectivity index (χ2v) is 10.4. The van der Waals surface area contributed by atoms with Gasteiger partial charge in [-0.25, -0.2) is 0 Å². The van der Waals surface area contributed by atoms with E-state index in [-0.39, 0.29) is 12.7 Å². The van der Waals surface area contributed by atoms with Crippen LogP contribution in [-0.4, -0.2) is 35.2 Å². The van der Waals surface area contributed by atoms with Crippen LogP contribution in [0.2, 0.25) is 0 Å². The Morgan fingerprint density at radius 1 is 0.962 bits per heavy atom. The van der Waals surface area contributed by atoms with Gasteiger partial charge in [-0.05, 0) is 99.2 Å². The van der Waals surface area contributed by atoms with Crippen LogP contribution < -0.4 is 0 Å². The number of rotatable bonds is 3. The molecule has 0 heterocycles. The zero-order valence-electron chi connectivity index (χ0n) is 17.1. The Labute approximate surface area is 159 Å². The molecule has 3 nitrogen and oxygen atoms in total. The van der Waals surface area contributed by atoms with Crippen LogP contribution in [0.15, 0.2) is 4.99 Å². The first-order valence-corrected chi connectivity index (χ1v) is 11.3. The Kier molecular flexibility index (Phi) is 5.01. The number of hydrogen-bond acceptors (Lipinski definition) is 3. The zero-order chi connectivity index (χ0) is 18.5. The summed E-state index contributed by atoms with van der Waals surface area (Å²) >= 11 is 0. The van der Waals surface area contributed by atoms with E-state index in [1.807, 2.05) is 0 Å². The lowest BCUT2D eigenvalue weighted by molar-refractivity contribution is -0.123. The van der Waals surface area contributed by atoms with Crippen LogP contribution in [0.4, 0.5) is 0 Å². The maximum absolute atomic E-state index is 10.2. The van der Waals surface area contributed by atoms with Crippen molar-refractivity contribution in [1.82, 2.24) is 0 Å². The summed E-state index contributed by atoms with van der Waals surface area (Å²) in [6.45, 7) is 8.10. The summed E-state index contributed by atoms with van der Waals surface area (Å²) in [4.78, 5) is 4.69. The van der Waals surface area contributed by atoms with E-state index in [4.69, 9.17) is 4.99 Å². The molecular formula is C23H39NO2. The molecule has 148 valence electrons. The van der Waals surface area contributed by atoms with Gasteiger partial charge in [-0.1, -0.05) is 13.8 Å². The van der Waals surface area contributed by atoms with Crippen LogP contribution in [0.25, 0.3) is 0 Å². The Morgan fingerprint density at radius 2 is 1.69 bits per heavy atom. The SMILES string of the molecule is CC/N=C(\CO)[C@H]1CC[C@H]2[C@@H]3CC[C@H]4C[C@H](O)CC[C@]4(C)[C@H]3CC[C@]12C. The van der Waals surface area contributed by atoms with E-state index in [0.717, 1.165) is 48.8 Å². The van der Waals surface area contributed by atoms with Gasteiger partial charge < -0.3 is 10.2 Å². The molecule has 0 amide bonds. The van der Waals surface area contributed by atoms with Crippen LogP contribution in [-0.2, 0) is 0 Å².